The van der Waals surface area contributed by atoms with E-state index in [1.54, 1.807) is 26.0 Å². The lowest BCUT2D eigenvalue weighted by molar-refractivity contribution is -0.128. The molecular weight excluding hydrogens is 286 g/mol. The van der Waals surface area contributed by atoms with Crippen molar-refractivity contribution in [2.24, 2.45) is 0 Å². The average Bonchev–Trinajstić information content (AvgIpc) is 3.33. The van der Waals surface area contributed by atoms with Crippen molar-refractivity contribution in [2.75, 3.05) is 26.5 Å². The Morgan fingerprint density at radius 1 is 1.29 bits per heavy atom. The maximum absolute atomic E-state index is 12.2. The van der Waals surface area contributed by atoms with Gasteiger partial charge in [0.25, 0.3) is 0 Å². The van der Waals surface area contributed by atoms with Gasteiger partial charge in [-0.3, -0.25) is 4.79 Å². The second-order valence-corrected chi connectivity index (χ2v) is 6.12. The maximum Gasteiger partial charge on any atom is 0.233 e. The quantitative estimate of drug-likeness (QED) is 0.546. The Bertz CT molecular complexity index is 455. The van der Waals surface area contributed by atoms with E-state index in [1.165, 1.54) is 0 Å². The first-order valence-electron chi connectivity index (χ1n) is 7.27. The largest absolute Gasteiger partial charge is 0.352 e. The smallest absolute Gasteiger partial charge is 0.233 e. The summed E-state index contributed by atoms with van der Waals surface area (Å²) in [5, 5.41) is 0. The van der Waals surface area contributed by atoms with E-state index >= 15 is 0 Å². The molecule has 0 atom stereocenters. The third-order valence-corrected chi connectivity index (χ3v) is 4.59. The maximum atomic E-state index is 12.2. The second kappa shape index (κ2) is 7.82. The molecule has 0 aromatic heterocycles. The highest BCUT2D eigenvalue weighted by Gasteiger charge is 2.30. The summed E-state index contributed by atoms with van der Waals surface area (Å²) in [6.07, 6.45) is 1.99. The topological polar surface area (TPSA) is 38.8 Å². The monoisotopic (exact) mass is 309 g/mol. The molecule has 1 aromatic rings. The van der Waals surface area contributed by atoms with Gasteiger partial charge in [-0.15, -0.1) is 11.8 Å². The van der Waals surface area contributed by atoms with Crippen molar-refractivity contribution in [1.29, 1.82) is 0 Å². The molecule has 21 heavy (non-hydrogen) atoms. The number of rotatable bonds is 8. The van der Waals surface area contributed by atoms with Crippen LogP contribution < -0.4 is 0 Å². The summed E-state index contributed by atoms with van der Waals surface area (Å²) >= 11 is 1.58. The lowest BCUT2D eigenvalue weighted by Crippen LogP contribution is -2.34. The molecule has 0 aliphatic heterocycles. The van der Waals surface area contributed by atoms with Crippen molar-refractivity contribution >= 4 is 17.7 Å². The predicted molar refractivity (Wildman–Crippen MR) is 84.3 cm³/mol. The number of methoxy groups -OCH3 is 2. The van der Waals surface area contributed by atoms with Gasteiger partial charge in [0.1, 0.15) is 0 Å². The van der Waals surface area contributed by atoms with E-state index in [9.17, 15) is 4.79 Å². The zero-order chi connectivity index (χ0) is 15.2. The molecule has 0 unspecified atom stereocenters. The Kier molecular flexibility index (Phi) is 6.08. The molecule has 0 bridgehead atoms. The number of carbonyl (C=O) groups is 1. The molecule has 1 fully saturated rings. The van der Waals surface area contributed by atoms with Crippen molar-refractivity contribution in [3.05, 3.63) is 29.8 Å². The Balaban J connectivity index is 1.87. The minimum Gasteiger partial charge on any atom is -0.352 e. The van der Waals surface area contributed by atoms with Gasteiger partial charge in [0.2, 0.25) is 5.91 Å². The highest BCUT2D eigenvalue weighted by atomic mass is 32.2. The van der Waals surface area contributed by atoms with Crippen molar-refractivity contribution in [1.82, 2.24) is 4.90 Å². The number of nitrogens with zero attached hydrogens (tertiary/aromatic N) is 1. The Hall–Kier alpha value is -1.04. The molecule has 4 nitrogen and oxygen atoms in total. The van der Waals surface area contributed by atoms with Gasteiger partial charge < -0.3 is 14.4 Å². The van der Waals surface area contributed by atoms with Gasteiger partial charge in [-0.1, -0.05) is 12.1 Å². The van der Waals surface area contributed by atoms with Crippen LogP contribution in [0.2, 0.25) is 0 Å². The molecule has 0 saturated heterocycles. The second-order valence-electron chi connectivity index (χ2n) is 5.07. The summed E-state index contributed by atoms with van der Waals surface area (Å²) < 4.78 is 10.4. The molecule has 0 radical (unpaired) electrons. The van der Waals surface area contributed by atoms with Gasteiger partial charge in [-0.05, 0) is 31.9 Å². The molecule has 0 heterocycles. The zero-order valence-electron chi connectivity index (χ0n) is 12.9. The summed E-state index contributed by atoms with van der Waals surface area (Å²) in [6, 6.07) is 8.46. The van der Waals surface area contributed by atoms with Crippen molar-refractivity contribution < 1.29 is 14.3 Å². The Labute approximate surface area is 130 Å². The first-order valence-corrected chi connectivity index (χ1v) is 8.26. The van der Waals surface area contributed by atoms with Crippen LogP contribution in [-0.4, -0.2) is 43.4 Å². The standard InChI is InChI=1S/C16H23NO3S/c1-4-17(13-7-8-13)15(18)11-21-14-9-5-12(6-10-14)16(19-2)20-3/h5-6,9-10,13,16H,4,7-8,11H2,1-3H3. The fourth-order valence-electron chi connectivity index (χ4n) is 2.34. The van der Waals surface area contributed by atoms with Gasteiger partial charge in [-0.25, -0.2) is 0 Å². The summed E-state index contributed by atoms with van der Waals surface area (Å²) in [4.78, 5) is 15.2. The van der Waals surface area contributed by atoms with Crippen molar-refractivity contribution in [3.63, 3.8) is 0 Å². The van der Waals surface area contributed by atoms with E-state index in [-0.39, 0.29) is 12.2 Å². The van der Waals surface area contributed by atoms with Crippen LogP contribution in [0.5, 0.6) is 0 Å². The number of hydrogen-bond acceptors (Lipinski definition) is 4. The third-order valence-electron chi connectivity index (χ3n) is 3.59. The highest BCUT2D eigenvalue weighted by molar-refractivity contribution is 8.00. The summed E-state index contributed by atoms with van der Waals surface area (Å²) in [6.45, 7) is 2.86. The van der Waals surface area contributed by atoms with Crippen LogP contribution in [0.15, 0.2) is 29.2 Å². The molecule has 0 spiro atoms. The van der Waals surface area contributed by atoms with E-state index in [4.69, 9.17) is 9.47 Å². The number of carbonyl (C=O) groups excluding carboxylic acids is 1. The average molecular weight is 309 g/mol. The van der Waals surface area contributed by atoms with Crippen LogP contribution in [0.3, 0.4) is 0 Å². The van der Waals surface area contributed by atoms with E-state index in [1.807, 2.05) is 36.1 Å². The Morgan fingerprint density at radius 2 is 1.90 bits per heavy atom. The number of ether oxygens (including phenoxy) is 2. The predicted octanol–water partition coefficient (Wildman–Crippen LogP) is 3.08. The SMILES string of the molecule is CCN(C(=O)CSc1ccc(C(OC)OC)cc1)C1CC1. The van der Waals surface area contributed by atoms with Crippen LogP contribution in [0.4, 0.5) is 0 Å². The van der Waals surface area contributed by atoms with Gasteiger partial charge in [0, 0.05) is 37.3 Å². The molecule has 5 heteroatoms. The van der Waals surface area contributed by atoms with E-state index in [0.29, 0.717) is 11.8 Å². The highest BCUT2D eigenvalue weighted by Crippen LogP contribution is 2.28. The van der Waals surface area contributed by atoms with E-state index in [0.717, 1.165) is 29.8 Å². The van der Waals surface area contributed by atoms with E-state index < -0.39 is 0 Å². The normalized spacial score (nSPS) is 14.5. The summed E-state index contributed by atoms with van der Waals surface area (Å²) in [5.41, 5.74) is 0.976. The Morgan fingerprint density at radius 3 is 2.38 bits per heavy atom. The fourth-order valence-corrected chi connectivity index (χ4v) is 3.13. The minimum absolute atomic E-state index is 0.237. The lowest BCUT2D eigenvalue weighted by Gasteiger charge is -2.20. The molecule has 1 aromatic carbocycles. The van der Waals surface area contributed by atoms with Crippen LogP contribution in [-0.2, 0) is 14.3 Å². The number of benzene rings is 1. The number of thioether (sulfide) groups is 1. The third kappa shape index (κ3) is 4.46. The van der Waals surface area contributed by atoms with Crippen molar-refractivity contribution in [3.8, 4) is 0 Å². The van der Waals surface area contributed by atoms with Gasteiger partial charge in [0.05, 0.1) is 5.75 Å². The number of amides is 1. The molecule has 1 aliphatic rings. The first kappa shape index (κ1) is 16.3. The molecule has 0 N–H and O–H groups in total. The van der Waals surface area contributed by atoms with E-state index in [2.05, 4.69) is 0 Å². The molecule has 1 saturated carbocycles. The summed E-state index contributed by atoms with van der Waals surface area (Å²) in [5.74, 6) is 0.738. The first-order chi connectivity index (χ1) is 10.2. The van der Waals surface area contributed by atoms with Gasteiger partial charge in [0.15, 0.2) is 6.29 Å². The molecular formula is C16H23NO3S. The van der Waals surface area contributed by atoms with Crippen molar-refractivity contribution in [2.45, 2.75) is 37.0 Å². The van der Waals surface area contributed by atoms with Crippen LogP contribution in [0.25, 0.3) is 0 Å². The van der Waals surface area contributed by atoms with Crippen LogP contribution >= 0.6 is 11.8 Å². The molecule has 2 rings (SSSR count). The van der Waals surface area contributed by atoms with Gasteiger partial charge >= 0.3 is 0 Å². The number of hydrogen-bond donors (Lipinski definition) is 0. The molecule has 1 aliphatic carbocycles. The summed E-state index contributed by atoms with van der Waals surface area (Å²) in [7, 11) is 3.24. The molecule has 1 amide bonds. The minimum atomic E-state index is -0.337. The fraction of sp³-hybridized carbons (Fsp3) is 0.562. The zero-order valence-corrected chi connectivity index (χ0v) is 13.7. The van der Waals surface area contributed by atoms with Crippen LogP contribution in [0.1, 0.15) is 31.6 Å². The lowest BCUT2D eigenvalue weighted by atomic mass is 10.2. The van der Waals surface area contributed by atoms with Gasteiger partial charge in [-0.2, -0.15) is 0 Å². The van der Waals surface area contributed by atoms with Crippen LogP contribution in [0, 0.1) is 0 Å². The molecule has 116 valence electrons.